The third-order valence-corrected chi connectivity index (χ3v) is 1.09. The molecule has 9 heavy (non-hydrogen) atoms. The van der Waals surface area contributed by atoms with Crippen LogP contribution in [-0.4, -0.2) is 32.1 Å². The normalized spacial score (nSPS) is 21.1. The lowest BCUT2D eigenvalue weighted by molar-refractivity contribution is 0.103. The van der Waals surface area contributed by atoms with Gasteiger partial charge in [0.25, 0.3) is 0 Å². The highest BCUT2D eigenvalue weighted by atomic mass is 16.5. The van der Waals surface area contributed by atoms with E-state index in [0.29, 0.717) is 26.4 Å². The van der Waals surface area contributed by atoms with Crippen molar-refractivity contribution in [1.82, 2.24) is 0 Å². The van der Waals surface area contributed by atoms with Gasteiger partial charge in [-0.2, -0.15) is 5.10 Å². The van der Waals surface area contributed by atoms with Gasteiger partial charge in [0.15, 0.2) is 0 Å². The van der Waals surface area contributed by atoms with Crippen molar-refractivity contribution in [2.75, 3.05) is 26.4 Å². The third kappa shape index (κ3) is 1.99. The van der Waals surface area contributed by atoms with Crippen LogP contribution in [0.3, 0.4) is 0 Å². The average molecular weight is 130 g/mol. The second-order valence-electron chi connectivity index (χ2n) is 1.80. The Kier molecular flexibility index (Phi) is 2.48. The van der Waals surface area contributed by atoms with Gasteiger partial charge in [0.05, 0.1) is 32.1 Å². The van der Waals surface area contributed by atoms with E-state index in [4.69, 9.17) is 15.3 Å². The van der Waals surface area contributed by atoms with Gasteiger partial charge in [-0.1, -0.05) is 0 Å². The average Bonchev–Trinajstić information content (AvgIpc) is 2.13. The summed E-state index contributed by atoms with van der Waals surface area (Å²) in [5, 5.41) is 3.47. The minimum atomic E-state index is 0.510. The molecule has 0 aromatic rings. The lowest BCUT2D eigenvalue weighted by atomic mass is 10.4. The molecular formula is C5H10N2O2. The largest absolute Gasteiger partial charge is 0.373 e. The fourth-order valence-electron chi connectivity index (χ4n) is 0.614. The highest BCUT2D eigenvalue weighted by Gasteiger charge is 2.03. The van der Waals surface area contributed by atoms with Crippen molar-refractivity contribution in [3.8, 4) is 0 Å². The maximum atomic E-state index is 5.06. The molecule has 1 rings (SSSR count). The van der Waals surface area contributed by atoms with Crippen molar-refractivity contribution in [3.63, 3.8) is 0 Å². The first kappa shape index (κ1) is 6.51. The van der Waals surface area contributed by atoms with Gasteiger partial charge < -0.3 is 15.3 Å². The summed E-state index contributed by atoms with van der Waals surface area (Å²) < 4.78 is 10.1. The summed E-state index contributed by atoms with van der Waals surface area (Å²) in [4.78, 5) is 0. The van der Waals surface area contributed by atoms with Gasteiger partial charge in [0.1, 0.15) is 0 Å². The molecule has 0 aromatic heterocycles. The number of hydrogen-bond donors (Lipinski definition) is 1. The van der Waals surface area contributed by atoms with E-state index >= 15 is 0 Å². The summed E-state index contributed by atoms with van der Waals surface area (Å²) in [6.45, 7) is 2.30. The Hall–Kier alpha value is -0.610. The molecule has 52 valence electrons. The van der Waals surface area contributed by atoms with E-state index in [2.05, 4.69) is 5.10 Å². The van der Waals surface area contributed by atoms with Crippen molar-refractivity contribution in [2.24, 2.45) is 10.9 Å². The van der Waals surface area contributed by atoms with E-state index < -0.39 is 0 Å². The lowest BCUT2D eigenvalue weighted by Crippen LogP contribution is -2.13. The molecular weight excluding hydrogens is 120 g/mol. The van der Waals surface area contributed by atoms with Crippen LogP contribution in [0.4, 0.5) is 0 Å². The first-order valence-electron chi connectivity index (χ1n) is 2.84. The smallest absolute Gasteiger partial charge is 0.0891 e. The van der Waals surface area contributed by atoms with Gasteiger partial charge in [-0.25, -0.2) is 0 Å². The standard InChI is InChI=1S/C5H10N2O2/c6-7-5-3-8-1-2-9-4-5/h1-4,6H2. The van der Waals surface area contributed by atoms with Crippen LogP contribution in [0.1, 0.15) is 0 Å². The number of nitrogens with zero attached hydrogens (tertiary/aromatic N) is 1. The molecule has 1 aliphatic heterocycles. The zero-order valence-electron chi connectivity index (χ0n) is 5.17. The summed E-state index contributed by atoms with van der Waals surface area (Å²) in [5.74, 6) is 5.00. The van der Waals surface area contributed by atoms with Gasteiger partial charge in [-0.3, -0.25) is 0 Å². The third-order valence-electron chi connectivity index (χ3n) is 1.09. The highest BCUT2D eigenvalue weighted by molar-refractivity contribution is 5.86. The molecule has 0 bridgehead atoms. The molecule has 0 atom stereocenters. The monoisotopic (exact) mass is 130 g/mol. The maximum Gasteiger partial charge on any atom is 0.0891 e. The number of rotatable bonds is 0. The molecule has 1 aliphatic rings. The minimum absolute atomic E-state index is 0.510. The second kappa shape index (κ2) is 3.42. The van der Waals surface area contributed by atoms with Gasteiger partial charge in [0.2, 0.25) is 0 Å². The molecule has 4 heteroatoms. The van der Waals surface area contributed by atoms with E-state index in [1.54, 1.807) is 0 Å². The molecule has 0 unspecified atom stereocenters. The van der Waals surface area contributed by atoms with Gasteiger partial charge in [-0.15, -0.1) is 0 Å². The van der Waals surface area contributed by atoms with E-state index in [0.717, 1.165) is 5.71 Å². The Balaban J connectivity index is 2.36. The highest BCUT2D eigenvalue weighted by Crippen LogP contribution is 1.89. The van der Waals surface area contributed by atoms with Crippen LogP contribution in [0.5, 0.6) is 0 Å². The molecule has 0 radical (unpaired) electrons. The Morgan fingerprint density at radius 1 is 1.22 bits per heavy atom. The van der Waals surface area contributed by atoms with Crippen LogP contribution in [-0.2, 0) is 9.47 Å². The topological polar surface area (TPSA) is 56.8 Å². The summed E-state index contributed by atoms with van der Waals surface area (Å²) in [5.41, 5.74) is 0.771. The van der Waals surface area contributed by atoms with Crippen LogP contribution in [0.25, 0.3) is 0 Å². The number of ether oxygens (including phenoxy) is 2. The molecule has 2 N–H and O–H groups in total. The van der Waals surface area contributed by atoms with Crippen molar-refractivity contribution >= 4 is 5.71 Å². The molecule has 4 nitrogen and oxygen atoms in total. The van der Waals surface area contributed by atoms with Crippen molar-refractivity contribution in [1.29, 1.82) is 0 Å². The van der Waals surface area contributed by atoms with Crippen LogP contribution >= 0.6 is 0 Å². The summed E-state index contributed by atoms with van der Waals surface area (Å²) in [7, 11) is 0. The predicted molar refractivity (Wildman–Crippen MR) is 33.3 cm³/mol. The summed E-state index contributed by atoms with van der Waals surface area (Å²) in [6.07, 6.45) is 0. The minimum Gasteiger partial charge on any atom is -0.373 e. The SMILES string of the molecule is NN=C1COCCOC1. The molecule has 0 aromatic carbocycles. The number of nitrogens with two attached hydrogens (primary N) is 1. The molecule has 0 aliphatic carbocycles. The summed E-state index contributed by atoms with van der Waals surface area (Å²) >= 11 is 0. The quantitative estimate of drug-likeness (QED) is 0.350. The Morgan fingerprint density at radius 3 is 2.22 bits per heavy atom. The lowest BCUT2D eigenvalue weighted by Gasteiger charge is -1.95. The van der Waals surface area contributed by atoms with Crippen molar-refractivity contribution in [2.45, 2.75) is 0 Å². The molecule has 1 fully saturated rings. The molecule has 0 saturated carbocycles. The summed E-state index contributed by atoms with van der Waals surface area (Å²) in [6, 6.07) is 0. The molecule has 1 heterocycles. The van der Waals surface area contributed by atoms with Gasteiger partial charge in [0, 0.05) is 0 Å². The molecule has 1 saturated heterocycles. The fourth-order valence-corrected chi connectivity index (χ4v) is 0.614. The van der Waals surface area contributed by atoms with Crippen LogP contribution in [0.15, 0.2) is 5.10 Å². The molecule has 0 amide bonds. The van der Waals surface area contributed by atoms with E-state index in [1.165, 1.54) is 0 Å². The van der Waals surface area contributed by atoms with E-state index in [-0.39, 0.29) is 0 Å². The zero-order chi connectivity index (χ0) is 6.53. The number of hydrogen-bond acceptors (Lipinski definition) is 4. The van der Waals surface area contributed by atoms with Crippen LogP contribution in [0.2, 0.25) is 0 Å². The number of hydrazone groups is 1. The first-order chi connectivity index (χ1) is 4.43. The van der Waals surface area contributed by atoms with E-state index in [9.17, 15) is 0 Å². The van der Waals surface area contributed by atoms with E-state index in [1.807, 2.05) is 0 Å². The fraction of sp³-hybridized carbons (Fsp3) is 0.800. The maximum absolute atomic E-state index is 5.06. The van der Waals surface area contributed by atoms with Crippen molar-refractivity contribution in [3.05, 3.63) is 0 Å². The van der Waals surface area contributed by atoms with Crippen LogP contribution < -0.4 is 5.84 Å². The van der Waals surface area contributed by atoms with Gasteiger partial charge in [-0.05, 0) is 0 Å². The second-order valence-corrected chi connectivity index (χ2v) is 1.80. The Bertz CT molecular complexity index is 104. The first-order valence-corrected chi connectivity index (χ1v) is 2.84. The van der Waals surface area contributed by atoms with Crippen LogP contribution in [0, 0.1) is 0 Å². The predicted octanol–water partition coefficient (Wildman–Crippen LogP) is -0.652. The zero-order valence-corrected chi connectivity index (χ0v) is 5.17. The Labute approximate surface area is 53.6 Å². The Morgan fingerprint density at radius 2 is 1.78 bits per heavy atom. The molecule has 0 spiro atoms. The van der Waals surface area contributed by atoms with Gasteiger partial charge >= 0.3 is 0 Å². The van der Waals surface area contributed by atoms with Crippen molar-refractivity contribution < 1.29 is 9.47 Å².